The summed E-state index contributed by atoms with van der Waals surface area (Å²) in [6.45, 7) is 11.3. The van der Waals surface area contributed by atoms with Crippen molar-refractivity contribution in [2.24, 2.45) is 10.9 Å². The fourth-order valence-corrected chi connectivity index (χ4v) is 1.99. The maximum absolute atomic E-state index is 5.58. The number of ether oxygens (including phenoxy) is 2. The van der Waals surface area contributed by atoms with Gasteiger partial charge in [0, 0.05) is 26.3 Å². The molecule has 0 bridgehead atoms. The predicted octanol–water partition coefficient (Wildman–Crippen LogP) is 2.40. The van der Waals surface area contributed by atoms with Crippen molar-refractivity contribution in [2.75, 3.05) is 39.5 Å². The van der Waals surface area contributed by atoms with Crippen LogP contribution in [0.4, 0.5) is 0 Å². The summed E-state index contributed by atoms with van der Waals surface area (Å²) in [4.78, 5) is 4.56. The third-order valence-electron chi connectivity index (χ3n) is 3.20. The molecule has 1 atom stereocenters. The highest BCUT2D eigenvalue weighted by molar-refractivity contribution is 14.0. The summed E-state index contributed by atoms with van der Waals surface area (Å²) in [6.07, 6.45) is 3.70. The first-order chi connectivity index (χ1) is 9.72. The monoisotopic (exact) mass is 413 g/mol. The van der Waals surface area contributed by atoms with Crippen LogP contribution in [0.25, 0.3) is 0 Å². The average Bonchev–Trinajstić information content (AvgIpc) is 2.92. The van der Waals surface area contributed by atoms with E-state index in [4.69, 9.17) is 9.47 Å². The highest BCUT2D eigenvalue weighted by atomic mass is 127. The van der Waals surface area contributed by atoms with Crippen molar-refractivity contribution in [3.63, 3.8) is 0 Å². The molecule has 5 nitrogen and oxygen atoms in total. The van der Waals surface area contributed by atoms with Gasteiger partial charge in [-0.25, -0.2) is 0 Å². The molecule has 1 fully saturated rings. The standard InChI is InChI=1S/C15H31N3O2.HI/c1-4-16-15(18-12-14-6-5-9-20-14)17-8-11-19-10-7-13(2)3;/h13-14H,4-12H2,1-3H3,(H2,16,17,18);1H. The minimum Gasteiger partial charge on any atom is -0.380 e. The molecule has 1 unspecified atom stereocenters. The normalized spacial score (nSPS) is 18.7. The summed E-state index contributed by atoms with van der Waals surface area (Å²) >= 11 is 0. The third kappa shape index (κ3) is 11.2. The van der Waals surface area contributed by atoms with E-state index in [0.717, 1.165) is 64.7 Å². The first kappa shape index (κ1) is 20.9. The number of nitrogens with one attached hydrogen (secondary N) is 2. The van der Waals surface area contributed by atoms with E-state index in [0.29, 0.717) is 12.0 Å². The Labute approximate surface area is 146 Å². The van der Waals surface area contributed by atoms with Crippen molar-refractivity contribution in [3.05, 3.63) is 0 Å². The maximum atomic E-state index is 5.58. The zero-order valence-electron chi connectivity index (χ0n) is 13.7. The van der Waals surface area contributed by atoms with Crippen LogP contribution in [-0.2, 0) is 9.47 Å². The van der Waals surface area contributed by atoms with Gasteiger partial charge in [0.1, 0.15) is 0 Å². The van der Waals surface area contributed by atoms with E-state index in [1.165, 1.54) is 0 Å². The molecule has 0 aromatic rings. The van der Waals surface area contributed by atoms with Crippen LogP contribution in [0.5, 0.6) is 0 Å². The molecular formula is C15H32IN3O2. The zero-order valence-corrected chi connectivity index (χ0v) is 16.0. The molecule has 0 saturated carbocycles. The Morgan fingerprint density at radius 2 is 2.14 bits per heavy atom. The van der Waals surface area contributed by atoms with Gasteiger partial charge < -0.3 is 20.1 Å². The van der Waals surface area contributed by atoms with Crippen LogP contribution in [-0.4, -0.2) is 51.5 Å². The lowest BCUT2D eigenvalue weighted by atomic mass is 10.1. The van der Waals surface area contributed by atoms with E-state index in [1.807, 2.05) is 0 Å². The Balaban J connectivity index is 0.00000400. The van der Waals surface area contributed by atoms with Gasteiger partial charge >= 0.3 is 0 Å². The third-order valence-corrected chi connectivity index (χ3v) is 3.20. The van der Waals surface area contributed by atoms with Crippen LogP contribution in [0.15, 0.2) is 4.99 Å². The van der Waals surface area contributed by atoms with E-state index >= 15 is 0 Å². The molecule has 0 spiro atoms. The van der Waals surface area contributed by atoms with Crippen LogP contribution in [0.3, 0.4) is 0 Å². The molecule has 6 heteroatoms. The number of nitrogens with zero attached hydrogens (tertiary/aromatic N) is 1. The van der Waals surface area contributed by atoms with Crippen molar-refractivity contribution in [1.29, 1.82) is 0 Å². The zero-order chi connectivity index (χ0) is 14.6. The molecule has 1 rings (SSSR count). The highest BCUT2D eigenvalue weighted by Crippen LogP contribution is 2.11. The first-order valence-corrected chi connectivity index (χ1v) is 7.94. The lowest BCUT2D eigenvalue weighted by Crippen LogP contribution is -2.39. The largest absolute Gasteiger partial charge is 0.380 e. The van der Waals surface area contributed by atoms with Crippen molar-refractivity contribution in [3.8, 4) is 0 Å². The summed E-state index contributed by atoms with van der Waals surface area (Å²) in [5.41, 5.74) is 0. The van der Waals surface area contributed by atoms with Gasteiger partial charge in [-0.2, -0.15) is 0 Å². The number of hydrogen-bond donors (Lipinski definition) is 2. The quantitative estimate of drug-likeness (QED) is 0.264. The molecule has 21 heavy (non-hydrogen) atoms. The summed E-state index contributed by atoms with van der Waals surface area (Å²) in [6, 6.07) is 0. The smallest absolute Gasteiger partial charge is 0.191 e. The summed E-state index contributed by atoms with van der Waals surface area (Å²) < 4.78 is 11.2. The Morgan fingerprint density at radius 1 is 1.33 bits per heavy atom. The van der Waals surface area contributed by atoms with Crippen LogP contribution in [0.2, 0.25) is 0 Å². The molecule has 0 amide bonds. The van der Waals surface area contributed by atoms with Crippen molar-refractivity contribution >= 4 is 29.9 Å². The Morgan fingerprint density at radius 3 is 2.76 bits per heavy atom. The van der Waals surface area contributed by atoms with Crippen molar-refractivity contribution < 1.29 is 9.47 Å². The van der Waals surface area contributed by atoms with Gasteiger partial charge in [-0.15, -0.1) is 24.0 Å². The van der Waals surface area contributed by atoms with Gasteiger partial charge in [-0.3, -0.25) is 4.99 Å². The van der Waals surface area contributed by atoms with Gasteiger partial charge in [0.05, 0.1) is 19.3 Å². The molecule has 126 valence electrons. The molecule has 0 aromatic carbocycles. The molecule has 2 N–H and O–H groups in total. The highest BCUT2D eigenvalue weighted by Gasteiger charge is 2.14. The molecule has 0 radical (unpaired) electrons. The second-order valence-electron chi connectivity index (χ2n) is 5.58. The fraction of sp³-hybridized carbons (Fsp3) is 0.933. The van der Waals surface area contributed by atoms with E-state index in [9.17, 15) is 0 Å². The molecule has 1 heterocycles. The molecule has 1 aliphatic heterocycles. The summed E-state index contributed by atoms with van der Waals surface area (Å²) in [7, 11) is 0. The van der Waals surface area contributed by atoms with E-state index < -0.39 is 0 Å². The van der Waals surface area contributed by atoms with Gasteiger partial charge in [0.25, 0.3) is 0 Å². The second kappa shape index (κ2) is 13.6. The van der Waals surface area contributed by atoms with Gasteiger partial charge in [-0.1, -0.05) is 13.8 Å². The second-order valence-corrected chi connectivity index (χ2v) is 5.58. The first-order valence-electron chi connectivity index (χ1n) is 7.94. The fourth-order valence-electron chi connectivity index (χ4n) is 1.99. The van der Waals surface area contributed by atoms with E-state index in [-0.39, 0.29) is 24.0 Å². The number of hydrogen-bond acceptors (Lipinski definition) is 3. The topological polar surface area (TPSA) is 54.9 Å². The van der Waals surface area contributed by atoms with Crippen molar-refractivity contribution in [1.82, 2.24) is 10.6 Å². The molecule has 1 aliphatic rings. The minimum absolute atomic E-state index is 0. The lowest BCUT2D eigenvalue weighted by molar-refractivity contribution is 0.117. The Kier molecular flexibility index (Phi) is 13.5. The van der Waals surface area contributed by atoms with Crippen LogP contribution in [0, 0.1) is 5.92 Å². The number of guanidine groups is 1. The van der Waals surface area contributed by atoms with E-state index in [2.05, 4.69) is 36.4 Å². The number of halogens is 1. The van der Waals surface area contributed by atoms with Gasteiger partial charge in [0.2, 0.25) is 0 Å². The maximum Gasteiger partial charge on any atom is 0.191 e. The number of aliphatic imine (C=N–C) groups is 1. The average molecular weight is 413 g/mol. The van der Waals surface area contributed by atoms with E-state index in [1.54, 1.807) is 0 Å². The lowest BCUT2D eigenvalue weighted by Gasteiger charge is -2.13. The summed E-state index contributed by atoms with van der Waals surface area (Å²) in [5, 5.41) is 6.53. The van der Waals surface area contributed by atoms with Crippen LogP contribution in [0.1, 0.15) is 40.0 Å². The SMILES string of the molecule is CCNC(=NCC1CCCO1)NCCOCCC(C)C.I. The van der Waals surface area contributed by atoms with Crippen molar-refractivity contribution in [2.45, 2.75) is 46.1 Å². The van der Waals surface area contributed by atoms with Crippen LogP contribution < -0.4 is 10.6 Å². The summed E-state index contributed by atoms with van der Waals surface area (Å²) in [5.74, 6) is 1.56. The Hall–Kier alpha value is -0.0800. The molecule has 0 aromatic heterocycles. The number of rotatable bonds is 9. The van der Waals surface area contributed by atoms with Gasteiger partial charge in [-0.05, 0) is 32.1 Å². The van der Waals surface area contributed by atoms with Gasteiger partial charge in [0.15, 0.2) is 5.96 Å². The molecule has 0 aliphatic carbocycles. The minimum atomic E-state index is 0. The van der Waals surface area contributed by atoms with Crippen LogP contribution >= 0.6 is 24.0 Å². The predicted molar refractivity (Wildman–Crippen MR) is 98.6 cm³/mol. The molecule has 1 saturated heterocycles. The Bertz CT molecular complexity index is 270. The molecular weight excluding hydrogens is 381 g/mol.